The molecule has 0 aliphatic heterocycles. The Morgan fingerprint density at radius 2 is 2.11 bits per heavy atom. The number of hydrogen-bond donors (Lipinski definition) is 1. The average molecular weight is 254 g/mol. The van der Waals surface area contributed by atoms with Gasteiger partial charge < -0.3 is 5.32 Å². The Labute approximate surface area is 108 Å². The van der Waals surface area contributed by atoms with Crippen molar-refractivity contribution in [3.05, 3.63) is 59.0 Å². The molecule has 0 fully saturated rings. The molecule has 3 rings (SSSR count). The van der Waals surface area contributed by atoms with Gasteiger partial charge in [-0.2, -0.15) is 0 Å². The van der Waals surface area contributed by atoms with Crippen LogP contribution in [0.3, 0.4) is 0 Å². The van der Waals surface area contributed by atoms with Gasteiger partial charge in [-0.05, 0) is 23.6 Å². The standard InChI is InChI=1S/C14H10N2OS/c17-14(13-5-2-8-18-13)16-12-4-1-3-10-9-15-7-6-11(10)12/h1-9H,(H,16,17). The van der Waals surface area contributed by atoms with Crippen molar-refractivity contribution in [2.75, 3.05) is 5.32 Å². The predicted octanol–water partition coefficient (Wildman–Crippen LogP) is 3.55. The van der Waals surface area contributed by atoms with E-state index in [4.69, 9.17) is 0 Å². The molecule has 0 spiro atoms. The minimum absolute atomic E-state index is 0.0747. The summed E-state index contributed by atoms with van der Waals surface area (Å²) >= 11 is 1.43. The Kier molecular flexibility index (Phi) is 2.78. The summed E-state index contributed by atoms with van der Waals surface area (Å²) in [4.78, 5) is 16.8. The van der Waals surface area contributed by atoms with E-state index in [2.05, 4.69) is 10.3 Å². The van der Waals surface area contributed by atoms with Crippen LogP contribution < -0.4 is 5.32 Å². The number of carbonyl (C=O) groups excluding carboxylic acids is 1. The van der Waals surface area contributed by atoms with Crippen molar-refractivity contribution in [2.24, 2.45) is 0 Å². The number of pyridine rings is 1. The number of amides is 1. The highest BCUT2D eigenvalue weighted by Crippen LogP contribution is 2.23. The zero-order valence-electron chi connectivity index (χ0n) is 9.46. The van der Waals surface area contributed by atoms with E-state index >= 15 is 0 Å². The third-order valence-electron chi connectivity index (χ3n) is 2.67. The minimum atomic E-state index is -0.0747. The van der Waals surface area contributed by atoms with E-state index in [-0.39, 0.29) is 5.91 Å². The molecular weight excluding hydrogens is 244 g/mol. The second kappa shape index (κ2) is 4.58. The van der Waals surface area contributed by atoms with Crippen molar-refractivity contribution >= 4 is 33.7 Å². The minimum Gasteiger partial charge on any atom is -0.321 e. The molecule has 88 valence electrons. The molecule has 0 atom stereocenters. The molecule has 3 nitrogen and oxygen atoms in total. The van der Waals surface area contributed by atoms with Crippen molar-refractivity contribution in [2.45, 2.75) is 0 Å². The van der Waals surface area contributed by atoms with Crippen molar-refractivity contribution < 1.29 is 4.79 Å². The van der Waals surface area contributed by atoms with Gasteiger partial charge in [0.05, 0.1) is 4.88 Å². The highest BCUT2D eigenvalue weighted by molar-refractivity contribution is 7.12. The first-order valence-electron chi connectivity index (χ1n) is 5.52. The molecule has 2 heterocycles. The Bertz CT molecular complexity index is 687. The maximum atomic E-state index is 12.0. The van der Waals surface area contributed by atoms with Crippen LogP contribution in [0.25, 0.3) is 10.8 Å². The zero-order chi connectivity index (χ0) is 12.4. The lowest BCUT2D eigenvalue weighted by atomic mass is 10.1. The molecule has 3 aromatic rings. The van der Waals surface area contributed by atoms with Gasteiger partial charge in [0.15, 0.2) is 0 Å². The van der Waals surface area contributed by atoms with Gasteiger partial charge in [0.25, 0.3) is 5.91 Å². The number of hydrogen-bond acceptors (Lipinski definition) is 3. The van der Waals surface area contributed by atoms with Crippen molar-refractivity contribution in [3.8, 4) is 0 Å². The van der Waals surface area contributed by atoms with E-state index in [9.17, 15) is 4.79 Å². The second-order valence-corrected chi connectivity index (χ2v) is 4.78. The number of anilines is 1. The highest BCUT2D eigenvalue weighted by Gasteiger charge is 2.08. The topological polar surface area (TPSA) is 42.0 Å². The van der Waals surface area contributed by atoms with Gasteiger partial charge in [0.1, 0.15) is 0 Å². The average Bonchev–Trinajstić information content (AvgIpc) is 2.93. The van der Waals surface area contributed by atoms with Gasteiger partial charge in [-0.3, -0.25) is 9.78 Å². The smallest absolute Gasteiger partial charge is 0.265 e. The summed E-state index contributed by atoms with van der Waals surface area (Å²) in [6, 6.07) is 11.4. The summed E-state index contributed by atoms with van der Waals surface area (Å²) in [5, 5.41) is 6.83. The molecule has 2 aromatic heterocycles. The lowest BCUT2D eigenvalue weighted by molar-refractivity contribution is 0.103. The van der Waals surface area contributed by atoms with Gasteiger partial charge in [-0.15, -0.1) is 11.3 Å². The SMILES string of the molecule is O=C(Nc1cccc2cnccc12)c1cccs1. The Hall–Kier alpha value is -2.20. The summed E-state index contributed by atoms with van der Waals surface area (Å²) in [5.41, 5.74) is 0.813. The summed E-state index contributed by atoms with van der Waals surface area (Å²) in [6.07, 6.45) is 3.51. The number of carbonyl (C=O) groups is 1. The normalized spacial score (nSPS) is 10.4. The molecule has 0 bridgehead atoms. The van der Waals surface area contributed by atoms with E-state index in [1.807, 2.05) is 41.8 Å². The number of benzene rings is 1. The first kappa shape index (κ1) is 10.9. The van der Waals surface area contributed by atoms with Crippen molar-refractivity contribution in [1.29, 1.82) is 0 Å². The van der Waals surface area contributed by atoms with Crippen molar-refractivity contribution in [1.82, 2.24) is 4.98 Å². The van der Waals surface area contributed by atoms with Crippen LogP contribution in [0, 0.1) is 0 Å². The van der Waals surface area contributed by atoms with Gasteiger partial charge in [-0.25, -0.2) is 0 Å². The van der Waals surface area contributed by atoms with Crippen LogP contribution in [0.2, 0.25) is 0 Å². The molecule has 1 aromatic carbocycles. The Morgan fingerprint density at radius 3 is 2.94 bits per heavy atom. The molecule has 0 radical (unpaired) electrons. The van der Waals surface area contributed by atoms with Gasteiger partial charge in [0.2, 0.25) is 0 Å². The maximum Gasteiger partial charge on any atom is 0.265 e. The fourth-order valence-corrected chi connectivity index (χ4v) is 2.44. The number of nitrogens with one attached hydrogen (secondary N) is 1. The lowest BCUT2D eigenvalue weighted by Crippen LogP contribution is -2.10. The number of fused-ring (bicyclic) bond motifs is 1. The lowest BCUT2D eigenvalue weighted by Gasteiger charge is -2.07. The summed E-state index contributed by atoms with van der Waals surface area (Å²) < 4.78 is 0. The predicted molar refractivity (Wildman–Crippen MR) is 74.0 cm³/mol. The zero-order valence-corrected chi connectivity index (χ0v) is 10.3. The number of nitrogens with zero attached hydrogens (tertiary/aromatic N) is 1. The Balaban J connectivity index is 1.98. The monoisotopic (exact) mass is 254 g/mol. The molecule has 18 heavy (non-hydrogen) atoms. The van der Waals surface area contributed by atoms with E-state index in [0.29, 0.717) is 4.88 Å². The highest BCUT2D eigenvalue weighted by atomic mass is 32.1. The molecule has 0 saturated heterocycles. The molecule has 4 heteroatoms. The van der Waals surface area contributed by atoms with Crippen LogP contribution in [0.5, 0.6) is 0 Å². The van der Waals surface area contributed by atoms with E-state index < -0.39 is 0 Å². The van der Waals surface area contributed by atoms with E-state index in [1.165, 1.54) is 11.3 Å². The number of thiophene rings is 1. The molecule has 0 aliphatic carbocycles. The molecule has 0 unspecified atom stereocenters. The quantitative estimate of drug-likeness (QED) is 0.760. The fraction of sp³-hybridized carbons (Fsp3) is 0. The van der Waals surface area contributed by atoms with E-state index in [0.717, 1.165) is 16.5 Å². The summed E-state index contributed by atoms with van der Waals surface area (Å²) in [7, 11) is 0. The molecule has 1 amide bonds. The number of aromatic nitrogens is 1. The molecule has 0 aliphatic rings. The fourth-order valence-electron chi connectivity index (χ4n) is 1.82. The molecule has 0 saturated carbocycles. The van der Waals surface area contributed by atoms with Crippen LogP contribution in [0.4, 0.5) is 5.69 Å². The van der Waals surface area contributed by atoms with Crippen molar-refractivity contribution in [3.63, 3.8) is 0 Å². The molecular formula is C14H10N2OS. The third kappa shape index (κ3) is 1.98. The largest absolute Gasteiger partial charge is 0.321 e. The van der Waals surface area contributed by atoms with Crippen LogP contribution in [-0.4, -0.2) is 10.9 Å². The van der Waals surface area contributed by atoms with Crippen LogP contribution in [0.15, 0.2) is 54.2 Å². The summed E-state index contributed by atoms with van der Waals surface area (Å²) in [6.45, 7) is 0. The molecule has 1 N–H and O–H groups in total. The van der Waals surface area contributed by atoms with Crippen LogP contribution in [0.1, 0.15) is 9.67 Å². The third-order valence-corrected chi connectivity index (χ3v) is 3.54. The number of rotatable bonds is 2. The first-order chi connectivity index (χ1) is 8.84. The first-order valence-corrected chi connectivity index (χ1v) is 6.40. The van der Waals surface area contributed by atoms with Crippen LogP contribution in [-0.2, 0) is 0 Å². The van der Waals surface area contributed by atoms with Crippen LogP contribution >= 0.6 is 11.3 Å². The Morgan fingerprint density at radius 1 is 1.17 bits per heavy atom. The van der Waals surface area contributed by atoms with Gasteiger partial charge >= 0.3 is 0 Å². The van der Waals surface area contributed by atoms with Gasteiger partial charge in [-0.1, -0.05) is 18.2 Å². The van der Waals surface area contributed by atoms with E-state index in [1.54, 1.807) is 12.4 Å². The second-order valence-electron chi connectivity index (χ2n) is 3.83. The van der Waals surface area contributed by atoms with Gasteiger partial charge in [0, 0.05) is 28.9 Å². The summed E-state index contributed by atoms with van der Waals surface area (Å²) in [5.74, 6) is -0.0747. The maximum absolute atomic E-state index is 12.0.